The zero-order valence-electron chi connectivity index (χ0n) is 19.7. The molecule has 2 saturated heterocycles. The third-order valence-electron chi connectivity index (χ3n) is 7.42. The van der Waals surface area contributed by atoms with Crippen molar-refractivity contribution in [1.29, 1.82) is 0 Å². The number of rotatable bonds is 6. The lowest BCUT2D eigenvalue weighted by molar-refractivity contribution is -0.139. The van der Waals surface area contributed by atoms with Gasteiger partial charge in [0.25, 0.3) is 0 Å². The smallest absolute Gasteiger partial charge is 0.336 e. The van der Waals surface area contributed by atoms with Crippen molar-refractivity contribution in [3.63, 3.8) is 0 Å². The van der Waals surface area contributed by atoms with Crippen LogP contribution in [0.15, 0.2) is 35.9 Å². The van der Waals surface area contributed by atoms with Gasteiger partial charge in [-0.05, 0) is 62.7 Å². The molecule has 34 heavy (non-hydrogen) atoms. The monoisotopic (exact) mass is 467 g/mol. The highest BCUT2D eigenvalue weighted by Crippen LogP contribution is 2.46. The van der Waals surface area contributed by atoms with Crippen LogP contribution in [0.3, 0.4) is 0 Å². The van der Waals surface area contributed by atoms with Gasteiger partial charge in [0.2, 0.25) is 5.91 Å². The number of pyridine rings is 1. The molecule has 0 bridgehead atoms. The number of ether oxygens (including phenoxy) is 2. The summed E-state index contributed by atoms with van der Waals surface area (Å²) in [6.45, 7) is 6.35. The molecule has 0 aromatic carbocycles. The van der Waals surface area contributed by atoms with E-state index in [1.54, 1.807) is 20.2 Å². The molecule has 3 aliphatic heterocycles. The highest BCUT2D eigenvalue weighted by molar-refractivity contribution is 5.94. The molecule has 5 heterocycles. The van der Waals surface area contributed by atoms with Crippen molar-refractivity contribution in [3.05, 3.63) is 41.5 Å². The summed E-state index contributed by atoms with van der Waals surface area (Å²) in [5.41, 5.74) is 1.90. The number of amides is 1. The lowest BCUT2D eigenvalue weighted by Crippen LogP contribution is -2.45. The van der Waals surface area contributed by atoms with Crippen molar-refractivity contribution in [2.75, 3.05) is 33.4 Å². The topological polar surface area (TPSA) is 116 Å². The second kappa shape index (κ2) is 8.88. The van der Waals surface area contributed by atoms with Crippen LogP contribution in [-0.2, 0) is 19.1 Å². The number of piperidine rings is 1. The number of carbonyl (C=O) groups excluding carboxylic acids is 2. The fourth-order valence-corrected chi connectivity index (χ4v) is 5.43. The summed E-state index contributed by atoms with van der Waals surface area (Å²) in [7, 11) is 1.70. The third kappa shape index (κ3) is 3.88. The van der Waals surface area contributed by atoms with Crippen LogP contribution in [0, 0.1) is 5.41 Å². The molecule has 2 fully saturated rings. The van der Waals surface area contributed by atoms with Crippen LogP contribution in [0.25, 0.3) is 5.82 Å². The predicted octanol–water partition coefficient (Wildman–Crippen LogP) is 1.28. The number of carbonyl (C=O) groups is 2. The van der Waals surface area contributed by atoms with Crippen molar-refractivity contribution in [1.82, 2.24) is 35.0 Å². The van der Waals surface area contributed by atoms with E-state index in [9.17, 15) is 9.59 Å². The Morgan fingerprint density at radius 3 is 2.65 bits per heavy atom. The molecule has 3 aliphatic rings. The van der Waals surface area contributed by atoms with Crippen LogP contribution in [0.5, 0.6) is 0 Å². The minimum Gasteiger partial charge on any atom is -0.456 e. The second-order valence-electron chi connectivity index (χ2n) is 9.39. The standard InChI is InChI=1S/C23H29N7O4/c1-15-10-23(22(32)30(15)18-13-34-21(31)16(18)2)6-8-28(9-7-23)12-19(33-3)17-4-5-20(24-11-17)29-14-25-26-27-29/h4-5,11,14-15,19H,6-10,12-13H2,1-3H3/t15-,19?/m1/s1. The van der Waals surface area contributed by atoms with Crippen molar-refractivity contribution in [2.24, 2.45) is 5.41 Å². The number of methoxy groups -OCH3 is 1. The van der Waals surface area contributed by atoms with Gasteiger partial charge >= 0.3 is 5.97 Å². The van der Waals surface area contributed by atoms with Crippen molar-refractivity contribution in [3.8, 4) is 5.82 Å². The largest absolute Gasteiger partial charge is 0.456 e. The molecule has 5 rings (SSSR count). The van der Waals surface area contributed by atoms with Gasteiger partial charge < -0.3 is 19.3 Å². The lowest BCUT2D eigenvalue weighted by atomic mass is 9.76. The summed E-state index contributed by atoms with van der Waals surface area (Å²) < 4.78 is 12.4. The maximum absolute atomic E-state index is 13.5. The maximum atomic E-state index is 13.5. The third-order valence-corrected chi connectivity index (χ3v) is 7.42. The number of aromatic nitrogens is 5. The molecule has 11 heteroatoms. The average Bonchev–Trinajstić information content (AvgIpc) is 3.55. The summed E-state index contributed by atoms with van der Waals surface area (Å²) in [5.74, 6) is 0.455. The Morgan fingerprint density at radius 1 is 1.26 bits per heavy atom. The molecule has 1 spiro atoms. The number of hydrogen-bond acceptors (Lipinski definition) is 9. The fraction of sp³-hybridized carbons (Fsp3) is 0.565. The van der Waals surface area contributed by atoms with E-state index in [2.05, 4.69) is 32.3 Å². The number of likely N-dealkylation sites (tertiary alicyclic amines) is 2. The SMILES string of the molecule is COC(CN1CCC2(CC1)C[C@@H](C)N(C1=C(C)C(=O)OC1)C2=O)c1ccc(-n2cnnn2)nc1. The van der Waals surface area contributed by atoms with Gasteiger partial charge in [0.05, 0.1) is 22.8 Å². The number of esters is 1. The van der Waals surface area contributed by atoms with Gasteiger partial charge in [0, 0.05) is 31.5 Å². The molecule has 0 radical (unpaired) electrons. The first-order chi connectivity index (χ1) is 16.4. The second-order valence-corrected chi connectivity index (χ2v) is 9.39. The molecular formula is C23H29N7O4. The van der Waals surface area contributed by atoms with Gasteiger partial charge in [-0.15, -0.1) is 5.10 Å². The predicted molar refractivity (Wildman–Crippen MR) is 119 cm³/mol. The minimum absolute atomic E-state index is 0.0648. The van der Waals surface area contributed by atoms with Gasteiger partial charge in [-0.2, -0.15) is 4.68 Å². The highest BCUT2D eigenvalue weighted by atomic mass is 16.5. The molecule has 11 nitrogen and oxygen atoms in total. The fourth-order valence-electron chi connectivity index (χ4n) is 5.43. The first-order valence-corrected chi connectivity index (χ1v) is 11.6. The molecule has 2 aromatic heterocycles. The van der Waals surface area contributed by atoms with Crippen LogP contribution in [0.1, 0.15) is 44.8 Å². The zero-order chi connectivity index (χ0) is 23.9. The van der Waals surface area contributed by atoms with Crippen LogP contribution in [0.4, 0.5) is 0 Å². The number of nitrogens with zero attached hydrogens (tertiary/aromatic N) is 7. The summed E-state index contributed by atoms with van der Waals surface area (Å²) in [5, 5.41) is 11.1. The molecule has 2 atom stereocenters. The summed E-state index contributed by atoms with van der Waals surface area (Å²) in [6.07, 6.45) is 5.55. The van der Waals surface area contributed by atoms with Crippen LogP contribution in [0.2, 0.25) is 0 Å². The van der Waals surface area contributed by atoms with Crippen LogP contribution < -0.4 is 0 Å². The van der Waals surface area contributed by atoms with Crippen molar-refractivity contribution < 1.29 is 19.1 Å². The van der Waals surface area contributed by atoms with E-state index in [1.807, 2.05) is 17.0 Å². The van der Waals surface area contributed by atoms with Gasteiger partial charge in [-0.3, -0.25) is 4.79 Å². The molecule has 2 aromatic rings. The lowest BCUT2D eigenvalue weighted by Gasteiger charge is -2.39. The van der Waals surface area contributed by atoms with E-state index in [4.69, 9.17) is 9.47 Å². The van der Waals surface area contributed by atoms with E-state index in [0.717, 1.165) is 50.2 Å². The molecule has 1 amide bonds. The first-order valence-electron chi connectivity index (χ1n) is 11.6. The van der Waals surface area contributed by atoms with E-state index in [0.29, 0.717) is 11.4 Å². The Bertz CT molecular complexity index is 1090. The summed E-state index contributed by atoms with van der Waals surface area (Å²) in [4.78, 5) is 34.0. The number of tetrazole rings is 1. The molecule has 180 valence electrons. The van der Waals surface area contributed by atoms with E-state index < -0.39 is 0 Å². The quantitative estimate of drug-likeness (QED) is 0.579. The Hall–Kier alpha value is -3.18. The summed E-state index contributed by atoms with van der Waals surface area (Å²) >= 11 is 0. The maximum Gasteiger partial charge on any atom is 0.336 e. The molecule has 1 unspecified atom stereocenters. The molecule has 0 saturated carbocycles. The Kier molecular flexibility index (Phi) is 5.90. The van der Waals surface area contributed by atoms with Crippen molar-refractivity contribution >= 4 is 11.9 Å². The Morgan fingerprint density at radius 2 is 2.06 bits per heavy atom. The Labute approximate surface area is 197 Å². The normalized spacial score (nSPS) is 23.7. The molecule has 0 aliphatic carbocycles. The average molecular weight is 468 g/mol. The van der Waals surface area contributed by atoms with Gasteiger partial charge in [-0.1, -0.05) is 6.07 Å². The van der Waals surface area contributed by atoms with E-state index in [-0.39, 0.29) is 36.0 Å². The van der Waals surface area contributed by atoms with Gasteiger partial charge in [0.1, 0.15) is 12.9 Å². The Balaban J connectivity index is 1.23. The van der Waals surface area contributed by atoms with E-state index >= 15 is 0 Å². The highest BCUT2D eigenvalue weighted by Gasteiger charge is 2.53. The number of cyclic esters (lactones) is 1. The van der Waals surface area contributed by atoms with Gasteiger partial charge in [0.15, 0.2) is 5.82 Å². The number of hydrogen-bond donors (Lipinski definition) is 0. The van der Waals surface area contributed by atoms with Crippen LogP contribution >= 0.6 is 0 Å². The van der Waals surface area contributed by atoms with E-state index in [1.165, 1.54) is 11.0 Å². The molecule has 0 N–H and O–H groups in total. The van der Waals surface area contributed by atoms with Crippen molar-refractivity contribution in [2.45, 2.75) is 45.3 Å². The summed E-state index contributed by atoms with van der Waals surface area (Å²) in [6, 6.07) is 3.91. The van der Waals surface area contributed by atoms with Crippen LogP contribution in [-0.4, -0.2) is 86.3 Å². The first kappa shape index (κ1) is 22.6. The zero-order valence-corrected chi connectivity index (χ0v) is 19.7. The molecular weight excluding hydrogens is 438 g/mol. The van der Waals surface area contributed by atoms with Gasteiger partial charge in [-0.25, -0.2) is 9.78 Å². The minimum atomic E-state index is -0.369.